The van der Waals surface area contributed by atoms with Crippen molar-refractivity contribution in [2.75, 3.05) is 25.5 Å². The largest absolute Gasteiger partial charge is 0.497 e. The van der Waals surface area contributed by atoms with Gasteiger partial charge in [-0.2, -0.15) is 0 Å². The van der Waals surface area contributed by atoms with E-state index in [1.54, 1.807) is 25.3 Å². The predicted molar refractivity (Wildman–Crippen MR) is 120 cm³/mol. The number of rotatable bonds is 6. The van der Waals surface area contributed by atoms with E-state index in [0.717, 1.165) is 22.4 Å². The fraction of sp³-hybridized carbons (Fsp3) is 0.292. The maximum atomic E-state index is 12.8. The van der Waals surface area contributed by atoms with Gasteiger partial charge in [0.25, 0.3) is 0 Å². The van der Waals surface area contributed by atoms with E-state index in [0.29, 0.717) is 18.8 Å². The molecule has 2 aromatic rings. The Labute approximate surface area is 182 Å². The maximum absolute atomic E-state index is 12.8. The summed E-state index contributed by atoms with van der Waals surface area (Å²) in [4.78, 5) is 39.3. The number of piperazine rings is 1. The summed E-state index contributed by atoms with van der Waals surface area (Å²) in [5.41, 5.74) is 3.58. The Balaban J connectivity index is 1.68. The van der Waals surface area contributed by atoms with Crippen molar-refractivity contribution in [2.45, 2.75) is 26.3 Å². The highest BCUT2D eigenvalue weighted by atomic mass is 16.5. The summed E-state index contributed by atoms with van der Waals surface area (Å²) in [5, 5.41) is 5.57. The third kappa shape index (κ3) is 5.94. The molecule has 2 N–H and O–H groups in total. The molecule has 3 rings (SSSR count). The van der Waals surface area contributed by atoms with Gasteiger partial charge in [-0.1, -0.05) is 18.2 Å². The molecule has 0 unspecified atom stereocenters. The van der Waals surface area contributed by atoms with Gasteiger partial charge in [-0.05, 0) is 60.9 Å². The van der Waals surface area contributed by atoms with Gasteiger partial charge in [-0.15, -0.1) is 0 Å². The fourth-order valence-electron chi connectivity index (χ4n) is 3.59. The van der Waals surface area contributed by atoms with Crippen LogP contribution in [0.25, 0.3) is 6.08 Å². The smallest absolute Gasteiger partial charge is 0.247 e. The summed E-state index contributed by atoms with van der Waals surface area (Å²) in [5.74, 6) is -0.224. The zero-order chi connectivity index (χ0) is 22.4. The number of nitrogens with one attached hydrogen (secondary N) is 2. The van der Waals surface area contributed by atoms with Gasteiger partial charge in [0.15, 0.2) is 0 Å². The van der Waals surface area contributed by atoms with Gasteiger partial charge in [0.1, 0.15) is 11.8 Å². The molecule has 0 spiro atoms. The molecule has 3 amide bonds. The minimum atomic E-state index is -0.854. The molecule has 1 aliphatic rings. The number of benzene rings is 2. The van der Waals surface area contributed by atoms with Crippen LogP contribution in [0.15, 0.2) is 48.5 Å². The molecule has 2 aromatic carbocycles. The SMILES string of the molecule is COc1ccc(/C=C/C(=O)N2CCNC(=O)[C@@H]2CC(=O)Nc2cc(C)cc(C)c2)cc1. The number of amides is 3. The lowest BCUT2D eigenvalue weighted by Gasteiger charge is -2.34. The molecule has 1 fully saturated rings. The zero-order valence-electron chi connectivity index (χ0n) is 18.0. The molecular weight excluding hydrogens is 394 g/mol. The van der Waals surface area contributed by atoms with Gasteiger partial charge in [-0.25, -0.2) is 0 Å². The molecule has 0 bridgehead atoms. The second kappa shape index (κ2) is 9.93. The summed E-state index contributed by atoms with van der Waals surface area (Å²) < 4.78 is 5.13. The Kier molecular flexibility index (Phi) is 7.07. The summed E-state index contributed by atoms with van der Waals surface area (Å²) in [7, 11) is 1.59. The van der Waals surface area contributed by atoms with Crippen molar-refractivity contribution in [1.82, 2.24) is 10.2 Å². The number of hydrogen-bond donors (Lipinski definition) is 2. The normalized spacial score (nSPS) is 16.2. The second-order valence-electron chi connectivity index (χ2n) is 7.57. The van der Waals surface area contributed by atoms with Crippen molar-refractivity contribution in [3.63, 3.8) is 0 Å². The van der Waals surface area contributed by atoms with E-state index in [1.165, 1.54) is 11.0 Å². The standard InChI is InChI=1S/C24H27N3O4/c1-16-12-17(2)14-19(13-16)26-22(28)15-21-24(30)25-10-11-27(21)23(29)9-6-18-4-7-20(31-3)8-5-18/h4-9,12-14,21H,10-11,15H2,1-3H3,(H,25,30)(H,26,28)/b9-6+/t21-/m0/s1. The molecule has 0 aliphatic carbocycles. The summed E-state index contributed by atoms with van der Waals surface area (Å²) >= 11 is 0. The van der Waals surface area contributed by atoms with Gasteiger partial charge in [0.2, 0.25) is 17.7 Å². The van der Waals surface area contributed by atoms with Crippen molar-refractivity contribution in [2.24, 2.45) is 0 Å². The average molecular weight is 421 g/mol. The van der Waals surface area contributed by atoms with Crippen LogP contribution in [0.3, 0.4) is 0 Å². The van der Waals surface area contributed by atoms with E-state index >= 15 is 0 Å². The van der Waals surface area contributed by atoms with E-state index in [-0.39, 0.29) is 24.1 Å². The number of carbonyl (C=O) groups excluding carboxylic acids is 3. The van der Waals surface area contributed by atoms with Gasteiger partial charge in [0.05, 0.1) is 13.5 Å². The second-order valence-corrected chi connectivity index (χ2v) is 7.57. The van der Waals surface area contributed by atoms with Crippen molar-refractivity contribution in [3.8, 4) is 5.75 Å². The highest BCUT2D eigenvalue weighted by Gasteiger charge is 2.33. The number of ether oxygens (including phenoxy) is 1. The van der Waals surface area contributed by atoms with Crippen molar-refractivity contribution < 1.29 is 19.1 Å². The van der Waals surface area contributed by atoms with E-state index in [2.05, 4.69) is 10.6 Å². The molecule has 1 heterocycles. The molecule has 0 radical (unpaired) electrons. The van der Waals surface area contributed by atoms with Gasteiger partial charge >= 0.3 is 0 Å². The van der Waals surface area contributed by atoms with E-state index in [9.17, 15) is 14.4 Å². The van der Waals surface area contributed by atoms with Crippen LogP contribution in [0, 0.1) is 13.8 Å². The zero-order valence-corrected chi connectivity index (χ0v) is 18.0. The Morgan fingerprint density at radius 2 is 1.84 bits per heavy atom. The average Bonchev–Trinajstić information content (AvgIpc) is 2.73. The number of nitrogens with zero attached hydrogens (tertiary/aromatic N) is 1. The first-order valence-electron chi connectivity index (χ1n) is 10.1. The Bertz CT molecular complexity index is 978. The molecule has 7 nitrogen and oxygen atoms in total. The molecule has 162 valence electrons. The lowest BCUT2D eigenvalue weighted by atomic mass is 10.1. The van der Waals surface area contributed by atoms with Crippen LogP contribution in [0.1, 0.15) is 23.1 Å². The predicted octanol–water partition coefficient (Wildman–Crippen LogP) is 2.68. The lowest BCUT2D eigenvalue weighted by molar-refractivity contribution is -0.141. The summed E-state index contributed by atoms with van der Waals surface area (Å²) in [6, 6.07) is 12.2. The highest BCUT2D eigenvalue weighted by Crippen LogP contribution is 2.17. The van der Waals surface area contributed by atoms with Crippen LogP contribution in [-0.4, -0.2) is 48.9 Å². The van der Waals surface area contributed by atoms with E-state index < -0.39 is 6.04 Å². The highest BCUT2D eigenvalue weighted by molar-refractivity contribution is 6.00. The van der Waals surface area contributed by atoms with E-state index in [1.807, 2.05) is 44.2 Å². The third-order valence-electron chi connectivity index (χ3n) is 5.03. The number of carbonyl (C=O) groups is 3. The quantitative estimate of drug-likeness (QED) is 0.702. The number of methoxy groups -OCH3 is 1. The van der Waals surface area contributed by atoms with E-state index in [4.69, 9.17) is 4.74 Å². The number of aryl methyl sites for hydroxylation is 2. The Morgan fingerprint density at radius 3 is 2.48 bits per heavy atom. The Morgan fingerprint density at radius 1 is 1.16 bits per heavy atom. The van der Waals surface area contributed by atoms with Crippen LogP contribution < -0.4 is 15.4 Å². The minimum Gasteiger partial charge on any atom is -0.497 e. The van der Waals surface area contributed by atoms with Crippen LogP contribution in [0.4, 0.5) is 5.69 Å². The van der Waals surface area contributed by atoms with Crippen molar-refractivity contribution in [1.29, 1.82) is 0 Å². The lowest BCUT2D eigenvalue weighted by Crippen LogP contribution is -2.57. The first-order chi connectivity index (χ1) is 14.9. The van der Waals surface area contributed by atoms with Crippen LogP contribution in [0.2, 0.25) is 0 Å². The van der Waals surface area contributed by atoms with Crippen molar-refractivity contribution >= 4 is 29.5 Å². The monoisotopic (exact) mass is 421 g/mol. The molecule has 7 heteroatoms. The van der Waals surface area contributed by atoms with Crippen LogP contribution in [-0.2, 0) is 14.4 Å². The van der Waals surface area contributed by atoms with Gasteiger partial charge in [-0.3, -0.25) is 14.4 Å². The van der Waals surface area contributed by atoms with Gasteiger partial charge < -0.3 is 20.3 Å². The topological polar surface area (TPSA) is 87.7 Å². The Hall–Kier alpha value is -3.61. The number of hydrogen-bond acceptors (Lipinski definition) is 4. The van der Waals surface area contributed by atoms with Crippen LogP contribution >= 0.6 is 0 Å². The molecule has 0 aromatic heterocycles. The van der Waals surface area contributed by atoms with Crippen molar-refractivity contribution in [3.05, 3.63) is 65.2 Å². The molecule has 0 saturated carbocycles. The summed E-state index contributed by atoms with van der Waals surface area (Å²) in [6.45, 7) is 4.61. The molecule has 1 aliphatic heterocycles. The first kappa shape index (κ1) is 22.1. The minimum absolute atomic E-state index is 0.110. The summed E-state index contributed by atoms with van der Waals surface area (Å²) in [6.07, 6.45) is 3.00. The number of anilines is 1. The fourth-order valence-corrected chi connectivity index (χ4v) is 3.59. The molecule has 31 heavy (non-hydrogen) atoms. The molecule has 1 saturated heterocycles. The maximum Gasteiger partial charge on any atom is 0.247 e. The van der Waals surface area contributed by atoms with Gasteiger partial charge in [0, 0.05) is 24.9 Å². The first-order valence-corrected chi connectivity index (χ1v) is 10.1. The molecule has 1 atom stereocenters. The third-order valence-corrected chi connectivity index (χ3v) is 5.03. The molecular formula is C24H27N3O4. The van der Waals surface area contributed by atoms with Crippen LogP contribution in [0.5, 0.6) is 5.75 Å².